The maximum atomic E-state index is 13.8. The molecule has 182 valence electrons. The number of rotatable bonds is 8. The summed E-state index contributed by atoms with van der Waals surface area (Å²) in [6.07, 6.45) is 5.19. The minimum atomic E-state index is -0.385. The first-order valence-electron chi connectivity index (χ1n) is 11.7. The molecular formula is C25H33FN6O2. The molecule has 1 aliphatic rings. The number of aryl methyl sites for hydroxylation is 1. The summed E-state index contributed by atoms with van der Waals surface area (Å²) in [5, 5.41) is 15.2. The van der Waals surface area contributed by atoms with Crippen molar-refractivity contribution in [3.05, 3.63) is 48.3 Å². The van der Waals surface area contributed by atoms with Crippen molar-refractivity contribution >= 4 is 11.8 Å². The number of benzene rings is 1. The number of carbonyl (C=O) groups is 1. The van der Waals surface area contributed by atoms with Crippen LogP contribution in [0.25, 0.3) is 16.9 Å². The van der Waals surface area contributed by atoms with Gasteiger partial charge in [0.2, 0.25) is 0 Å². The van der Waals surface area contributed by atoms with Crippen molar-refractivity contribution in [1.82, 2.24) is 24.9 Å². The summed E-state index contributed by atoms with van der Waals surface area (Å²) in [6.45, 7) is 4.16. The number of ether oxygens (including phenoxy) is 1. The van der Waals surface area contributed by atoms with Crippen LogP contribution in [-0.2, 0) is 11.8 Å². The Labute approximate surface area is 199 Å². The van der Waals surface area contributed by atoms with Gasteiger partial charge in [0, 0.05) is 44.1 Å². The van der Waals surface area contributed by atoms with Gasteiger partial charge in [-0.2, -0.15) is 10.2 Å². The average molecular weight is 469 g/mol. The lowest BCUT2D eigenvalue weighted by atomic mass is 9.89. The van der Waals surface area contributed by atoms with Gasteiger partial charge in [0.25, 0.3) is 0 Å². The van der Waals surface area contributed by atoms with Gasteiger partial charge in [0.1, 0.15) is 11.5 Å². The second kappa shape index (κ2) is 10.4. The van der Waals surface area contributed by atoms with Crippen molar-refractivity contribution in [2.24, 2.45) is 24.8 Å². The molecule has 2 heterocycles. The van der Waals surface area contributed by atoms with Crippen molar-refractivity contribution in [1.29, 1.82) is 0 Å². The van der Waals surface area contributed by atoms with Crippen LogP contribution < -0.4 is 10.6 Å². The molecule has 0 saturated heterocycles. The number of carbonyl (C=O) groups excluding carboxylic acids is 1. The lowest BCUT2D eigenvalue weighted by Gasteiger charge is -2.21. The Bertz CT molecular complexity index is 1110. The highest BCUT2D eigenvalue weighted by Crippen LogP contribution is 2.39. The standard InChI is InChI=1S/C25H33FN6O2/c1-16-21(13-26)18(10-11-34-4)12-22(16)28-25(33)29-24-17(2)23(19-14-27-31(3)15-19)30-32(24)20-8-6-5-7-9-20/h5-9,14-16,18,21-22H,10-13H2,1-4H3,(H2,28,29,33)/t16-,18-,21-,22-/m1/s1. The molecule has 4 rings (SSSR count). The van der Waals surface area contributed by atoms with E-state index in [1.165, 1.54) is 0 Å². The minimum absolute atomic E-state index is 0.0451. The van der Waals surface area contributed by atoms with Gasteiger partial charge in [0.15, 0.2) is 0 Å². The fourth-order valence-electron chi connectivity index (χ4n) is 5.03. The van der Waals surface area contributed by atoms with Crippen LogP contribution in [0.5, 0.6) is 0 Å². The number of halogens is 1. The maximum absolute atomic E-state index is 13.8. The molecule has 1 fully saturated rings. The lowest BCUT2D eigenvalue weighted by Crippen LogP contribution is -2.40. The number of aromatic nitrogens is 4. The third-order valence-electron chi connectivity index (χ3n) is 6.99. The second-order valence-electron chi connectivity index (χ2n) is 9.13. The van der Waals surface area contributed by atoms with E-state index < -0.39 is 0 Å². The summed E-state index contributed by atoms with van der Waals surface area (Å²) in [4.78, 5) is 13.1. The number of hydrogen-bond donors (Lipinski definition) is 2. The van der Waals surface area contributed by atoms with Gasteiger partial charge >= 0.3 is 6.03 Å². The van der Waals surface area contributed by atoms with Gasteiger partial charge in [-0.3, -0.25) is 14.4 Å². The first-order valence-corrected chi connectivity index (χ1v) is 11.7. The third-order valence-corrected chi connectivity index (χ3v) is 6.99. The molecule has 3 aromatic rings. The minimum Gasteiger partial charge on any atom is -0.385 e. The zero-order valence-corrected chi connectivity index (χ0v) is 20.2. The van der Waals surface area contributed by atoms with Gasteiger partial charge in [-0.15, -0.1) is 0 Å². The summed E-state index contributed by atoms with van der Waals surface area (Å²) < 4.78 is 22.4. The number of methoxy groups -OCH3 is 1. The number of amides is 2. The van der Waals surface area contributed by atoms with E-state index in [0.29, 0.717) is 12.4 Å². The molecule has 2 N–H and O–H groups in total. The number of nitrogens with zero attached hydrogens (tertiary/aromatic N) is 4. The van der Waals surface area contributed by atoms with Crippen molar-refractivity contribution in [3.8, 4) is 16.9 Å². The Balaban J connectivity index is 1.57. The molecule has 0 aliphatic heterocycles. The van der Waals surface area contributed by atoms with Crippen molar-refractivity contribution in [3.63, 3.8) is 0 Å². The Hall–Kier alpha value is -3.20. The molecule has 8 nitrogen and oxygen atoms in total. The Morgan fingerprint density at radius 2 is 2.06 bits per heavy atom. The van der Waals surface area contributed by atoms with Crippen LogP contribution in [-0.4, -0.2) is 52.0 Å². The number of para-hydroxylation sites is 1. The Kier molecular flexibility index (Phi) is 7.31. The fraction of sp³-hybridized carbons (Fsp3) is 0.480. The summed E-state index contributed by atoms with van der Waals surface area (Å²) in [5.74, 6) is 0.753. The smallest absolute Gasteiger partial charge is 0.320 e. The SMILES string of the molecule is COCC[C@@H]1C[C@@H](NC(=O)Nc2c(C)c(-c3cnn(C)c3)nn2-c2ccccc2)[C@H](C)[C@H]1CF. The molecule has 1 saturated carbocycles. The summed E-state index contributed by atoms with van der Waals surface area (Å²) in [7, 11) is 3.51. The number of hydrogen-bond acceptors (Lipinski definition) is 4. The Morgan fingerprint density at radius 1 is 1.29 bits per heavy atom. The van der Waals surface area contributed by atoms with Crippen LogP contribution in [0.4, 0.5) is 15.0 Å². The van der Waals surface area contributed by atoms with E-state index >= 15 is 0 Å². The zero-order chi connectivity index (χ0) is 24.2. The zero-order valence-electron chi connectivity index (χ0n) is 20.2. The molecule has 0 radical (unpaired) electrons. The van der Waals surface area contributed by atoms with E-state index in [2.05, 4.69) is 15.7 Å². The predicted octanol–water partition coefficient (Wildman–Crippen LogP) is 4.35. The molecule has 1 aliphatic carbocycles. The Morgan fingerprint density at radius 3 is 2.71 bits per heavy atom. The van der Waals surface area contributed by atoms with Crippen LogP contribution >= 0.6 is 0 Å². The van der Waals surface area contributed by atoms with E-state index in [1.807, 2.05) is 57.4 Å². The number of nitrogens with one attached hydrogen (secondary N) is 2. The van der Waals surface area contributed by atoms with E-state index in [0.717, 1.165) is 35.3 Å². The topological polar surface area (TPSA) is 86.0 Å². The summed E-state index contributed by atoms with van der Waals surface area (Å²) in [5.41, 5.74) is 3.29. The van der Waals surface area contributed by atoms with E-state index in [-0.39, 0.29) is 36.5 Å². The normalized spacial score (nSPS) is 22.1. The number of alkyl halides is 1. The first-order chi connectivity index (χ1) is 16.4. The fourth-order valence-corrected chi connectivity index (χ4v) is 5.03. The van der Waals surface area contributed by atoms with Crippen molar-refractivity contribution in [2.45, 2.75) is 32.7 Å². The lowest BCUT2D eigenvalue weighted by molar-refractivity contribution is 0.153. The van der Waals surface area contributed by atoms with Crippen LogP contribution in [0, 0.1) is 24.7 Å². The van der Waals surface area contributed by atoms with E-state index in [1.54, 1.807) is 22.7 Å². The molecule has 2 aromatic heterocycles. The molecule has 4 atom stereocenters. The summed E-state index contributed by atoms with van der Waals surface area (Å²) >= 11 is 0. The second-order valence-corrected chi connectivity index (χ2v) is 9.13. The van der Waals surface area contributed by atoms with Crippen molar-refractivity contribution in [2.75, 3.05) is 25.7 Å². The van der Waals surface area contributed by atoms with Gasteiger partial charge in [0.05, 0.1) is 18.6 Å². The van der Waals surface area contributed by atoms with Gasteiger partial charge in [-0.25, -0.2) is 9.48 Å². The molecule has 9 heteroatoms. The molecule has 1 aromatic carbocycles. The van der Waals surface area contributed by atoms with E-state index in [9.17, 15) is 9.18 Å². The van der Waals surface area contributed by atoms with Crippen LogP contribution in [0.1, 0.15) is 25.3 Å². The van der Waals surface area contributed by atoms with E-state index in [4.69, 9.17) is 9.84 Å². The number of anilines is 1. The van der Waals surface area contributed by atoms with Crippen LogP contribution in [0.15, 0.2) is 42.7 Å². The third kappa shape index (κ3) is 4.84. The molecule has 2 amide bonds. The quantitative estimate of drug-likeness (QED) is 0.515. The molecule has 34 heavy (non-hydrogen) atoms. The van der Waals surface area contributed by atoms with Gasteiger partial charge in [-0.05, 0) is 49.7 Å². The first kappa shape index (κ1) is 23.9. The van der Waals surface area contributed by atoms with Crippen molar-refractivity contribution < 1.29 is 13.9 Å². The average Bonchev–Trinajstić information content (AvgIpc) is 3.49. The van der Waals surface area contributed by atoms with Gasteiger partial charge in [-0.1, -0.05) is 25.1 Å². The maximum Gasteiger partial charge on any atom is 0.320 e. The predicted molar refractivity (Wildman–Crippen MR) is 130 cm³/mol. The molecule has 0 bridgehead atoms. The van der Waals surface area contributed by atoms with Gasteiger partial charge < -0.3 is 10.1 Å². The monoisotopic (exact) mass is 468 g/mol. The highest BCUT2D eigenvalue weighted by Gasteiger charge is 2.41. The molecule has 0 unspecified atom stereocenters. The number of urea groups is 1. The largest absolute Gasteiger partial charge is 0.385 e. The highest BCUT2D eigenvalue weighted by molar-refractivity contribution is 5.91. The van der Waals surface area contributed by atoms with Crippen LogP contribution in [0.2, 0.25) is 0 Å². The molecular weight excluding hydrogens is 435 g/mol. The summed E-state index contributed by atoms with van der Waals surface area (Å²) in [6, 6.07) is 9.24. The highest BCUT2D eigenvalue weighted by atomic mass is 19.1. The molecule has 0 spiro atoms. The van der Waals surface area contributed by atoms with Crippen LogP contribution in [0.3, 0.4) is 0 Å².